The smallest absolute Gasteiger partial charge is 0.191 e. The van der Waals surface area contributed by atoms with Crippen molar-refractivity contribution in [2.24, 2.45) is 4.99 Å². The molecule has 0 spiro atoms. The van der Waals surface area contributed by atoms with E-state index >= 15 is 0 Å². The van der Waals surface area contributed by atoms with Crippen LogP contribution < -0.4 is 15.4 Å². The number of nitrogens with zero attached hydrogens (tertiary/aromatic N) is 2. The lowest BCUT2D eigenvalue weighted by atomic mass is 10.0. The number of aliphatic imine (C=N–C) groups is 1. The molecule has 1 saturated heterocycles. The SMILES string of the molecule is CN=C(NCCc1cc(F)ccc1F)NCC(c1ccc(OC)cc1)N1CCOCC1.I. The second kappa shape index (κ2) is 13.5. The van der Waals surface area contributed by atoms with Crippen LogP contribution in [0.15, 0.2) is 47.5 Å². The highest BCUT2D eigenvalue weighted by atomic mass is 127. The highest BCUT2D eigenvalue weighted by Gasteiger charge is 2.23. The van der Waals surface area contributed by atoms with E-state index < -0.39 is 11.6 Å². The fraction of sp³-hybridized carbons (Fsp3) is 0.435. The van der Waals surface area contributed by atoms with Gasteiger partial charge in [-0.25, -0.2) is 8.78 Å². The lowest BCUT2D eigenvalue weighted by molar-refractivity contribution is 0.0170. The monoisotopic (exact) mass is 560 g/mol. The van der Waals surface area contributed by atoms with Crippen LogP contribution in [-0.4, -0.2) is 64.4 Å². The molecule has 0 radical (unpaired) electrons. The molecule has 0 amide bonds. The van der Waals surface area contributed by atoms with Crippen LogP contribution in [-0.2, 0) is 11.2 Å². The van der Waals surface area contributed by atoms with Crippen molar-refractivity contribution in [3.63, 3.8) is 0 Å². The Morgan fingerprint density at radius 1 is 1.12 bits per heavy atom. The summed E-state index contributed by atoms with van der Waals surface area (Å²) in [5, 5.41) is 6.54. The maximum Gasteiger partial charge on any atom is 0.191 e. The average Bonchev–Trinajstić information content (AvgIpc) is 2.81. The van der Waals surface area contributed by atoms with Crippen LogP contribution in [0.2, 0.25) is 0 Å². The Balaban J connectivity index is 0.00000363. The van der Waals surface area contributed by atoms with E-state index in [1.807, 2.05) is 12.1 Å². The molecule has 1 aliphatic heterocycles. The third kappa shape index (κ3) is 7.56. The van der Waals surface area contributed by atoms with E-state index in [0.29, 0.717) is 44.2 Å². The quantitative estimate of drug-likeness (QED) is 0.295. The summed E-state index contributed by atoms with van der Waals surface area (Å²) in [6.07, 6.45) is 0.357. The first-order valence-corrected chi connectivity index (χ1v) is 10.4. The number of morpholine rings is 1. The van der Waals surface area contributed by atoms with Crippen LogP contribution in [0.5, 0.6) is 5.75 Å². The van der Waals surface area contributed by atoms with Gasteiger partial charge in [0.25, 0.3) is 0 Å². The predicted octanol–water partition coefficient (Wildman–Crippen LogP) is 3.37. The van der Waals surface area contributed by atoms with Crippen molar-refractivity contribution in [1.29, 1.82) is 0 Å². The molecule has 6 nitrogen and oxygen atoms in total. The summed E-state index contributed by atoms with van der Waals surface area (Å²) in [4.78, 5) is 6.64. The zero-order valence-corrected chi connectivity index (χ0v) is 20.8. The van der Waals surface area contributed by atoms with Gasteiger partial charge in [0, 0.05) is 33.2 Å². The fourth-order valence-corrected chi connectivity index (χ4v) is 3.64. The standard InChI is InChI=1S/C23H30F2N4O2.HI/c1-26-23(27-10-9-18-15-19(24)5-8-21(18)25)28-16-22(29-11-13-31-14-12-29)17-3-6-20(30-2)7-4-17;/h3-8,15,22H,9-14,16H2,1-2H3,(H2,26,27,28);1H. The van der Waals surface area contributed by atoms with E-state index in [4.69, 9.17) is 9.47 Å². The summed E-state index contributed by atoms with van der Waals surface area (Å²) >= 11 is 0. The third-order valence-electron chi connectivity index (χ3n) is 5.37. The molecule has 0 bridgehead atoms. The Hall–Kier alpha value is -1.98. The zero-order chi connectivity index (χ0) is 22.1. The first-order chi connectivity index (χ1) is 15.1. The minimum Gasteiger partial charge on any atom is -0.497 e. The van der Waals surface area contributed by atoms with Gasteiger partial charge in [-0.1, -0.05) is 12.1 Å². The largest absolute Gasteiger partial charge is 0.497 e. The van der Waals surface area contributed by atoms with Gasteiger partial charge < -0.3 is 20.1 Å². The topological polar surface area (TPSA) is 58.1 Å². The van der Waals surface area contributed by atoms with Crippen LogP contribution in [0.4, 0.5) is 8.78 Å². The molecule has 3 rings (SSSR count). The molecule has 0 aliphatic carbocycles. The van der Waals surface area contributed by atoms with Crippen molar-refractivity contribution in [2.45, 2.75) is 12.5 Å². The third-order valence-corrected chi connectivity index (χ3v) is 5.37. The maximum atomic E-state index is 13.8. The maximum absolute atomic E-state index is 13.8. The number of halogens is 3. The van der Waals surface area contributed by atoms with E-state index in [1.165, 1.54) is 11.6 Å². The van der Waals surface area contributed by atoms with Crippen LogP contribution in [0.25, 0.3) is 0 Å². The number of rotatable bonds is 8. The molecule has 32 heavy (non-hydrogen) atoms. The van der Waals surface area contributed by atoms with Crippen molar-refractivity contribution in [2.75, 3.05) is 53.6 Å². The van der Waals surface area contributed by atoms with Gasteiger partial charge in [-0.2, -0.15) is 0 Å². The molecular weight excluding hydrogens is 529 g/mol. The fourth-order valence-electron chi connectivity index (χ4n) is 3.64. The van der Waals surface area contributed by atoms with Gasteiger partial charge in [-0.05, 0) is 47.9 Å². The van der Waals surface area contributed by atoms with Gasteiger partial charge in [-0.3, -0.25) is 9.89 Å². The number of hydrogen-bond acceptors (Lipinski definition) is 4. The minimum absolute atomic E-state index is 0. The van der Waals surface area contributed by atoms with Gasteiger partial charge in [0.1, 0.15) is 17.4 Å². The number of hydrogen-bond donors (Lipinski definition) is 2. The number of ether oxygens (including phenoxy) is 2. The molecule has 1 aliphatic rings. The van der Waals surface area contributed by atoms with Crippen molar-refractivity contribution in [3.05, 3.63) is 65.2 Å². The Bertz CT molecular complexity index is 862. The van der Waals surface area contributed by atoms with Crippen LogP contribution >= 0.6 is 24.0 Å². The van der Waals surface area contributed by atoms with E-state index in [2.05, 4.69) is 32.7 Å². The second-order valence-corrected chi connectivity index (χ2v) is 7.30. The Labute approximate surface area is 205 Å². The zero-order valence-electron chi connectivity index (χ0n) is 18.4. The number of benzene rings is 2. The van der Waals surface area contributed by atoms with Gasteiger partial charge in [-0.15, -0.1) is 24.0 Å². The summed E-state index contributed by atoms with van der Waals surface area (Å²) in [5.41, 5.74) is 1.51. The summed E-state index contributed by atoms with van der Waals surface area (Å²) in [5.74, 6) is 0.591. The molecule has 1 heterocycles. The number of guanidine groups is 1. The van der Waals surface area contributed by atoms with Crippen LogP contribution in [0.1, 0.15) is 17.2 Å². The van der Waals surface area contributed by atoms with Gasteiger partial charge in [0.05, 0.1) is 26.4 Å². The average molecular weight is 560 g/mol. The minimum atomic E-state index is -0.438. The summed E-state index contributed by atoms with van der Waals surface area (Å²) in [6.45, 7) is 4.19. The molecule has 2 aromatic carbocycles. The first-order valence-electron chi connectivity index (χ1n) is 10.4. The van der Waals surface area contributed by atoms with Crippen LogP contribution in [0, 0.1) is 11.6 Å². The van der Waals surface area contributed by atoms with Crippen molar-refractivity contribution < 1.29 is 18.3 Å². The lowest BCUT2D eigenvalue weighted by Gasteiger charge is -2.35. The molecule has 1 unspecified atom stereocenters. The molecule has 0 aromatic heterocycles. The molecule has 1 fully saturated rings. The molecular formula is C23H31F2IN4O2. The molecule has 176 valence electrons. The molecule has 0 saturated carbocycles. The van der Waals surface area contributed by atoms with Gasteiger partial charge in [0.15, 0.2) is 5.96 Å². The number of methoxy groups -OCH3 is 1. The molecule has 1 atom stereocenters. The van der Waals surface area contributed by atoms with Gasteiger partial charge >= 0.3 is 0 Å². The summed E-state index contributed by atoms with van der Waals surface area (Å²) in [7, 11) is 3.34. The van der Waals surface area contributed by atoms with Crippen molar-refractivity contribution in [3.8, 4) is 5.75 Å². The predicted molar refractivity (Wildman–Crippen MR) is 133 cm³/mol. The van der Waals surface area contributed by atoms with Crippen molar-refractivity contribution >= 4 is 29.9 Å². The molecule has 2 aromatic rings. The van der Waals surface area contributed by atoms with E-state index in [9.17, 15) is 8.78 Å². The summed E-state index contributed by atoms with van der Waals surface area (Å²) < 4.78 is 37.9. The van der Waals surface area contributed by atoms with Crippen LogP contribution in [0.3, 0.4) is 0 Å². The highest BCUT2D eigenvalue weighted by molar-refractivity contribution is 14.0. The summed E-state index contributed by atoms with van der Waals surface area (Å²) in [6, 6.07) is 11.7. The molecule has 9 heteroatoms. The van der Waals surface area contributed by atoms with E-state index in [0.717, 1.165) is 31.0 Å². The van der Waals surface area contributed by atoms with E-state index in [-0.39, 0.29) is 30.0 Å². The lowest BCUT2D eigenvalue weighted by Crippen LogP contribution is -2.46. The Kier molecular flexibility index (Phi) is 11.1. The molecule has 2 N–H and O–H groups in total. The second-order valence-electron chi connectivity index (χ2n) is 7.30. The van der Waals surface area contributed by atoms with Gasteiger partial charge in [0.2, 0.25) is 0 Å². The van der Waals surface area contributed by atoms with E-state index in [1.54, 1.807) is 14.2 Å². The first kappa shape index (κ1) is 26.3. The Morgan fingerprint density at radius 3 is 2.50 bits per heavy atom. The van der Waals surface area contributed by atoms with Crippen molar-refractivity contribution in [1.82, 2.24) is 15.5 Å². The normalized spacial score (nSPS) is 15.6. The Morgan fingerprint density at radius 2 is 1.84 bits per heavy atom. The highest BCUT2D eigenvalue weighted by Crippen LogP contribution is 2.23. The number of nitrogens with one attached hydrogen (secondary N) is 2.